The van der Waals surface area contributed by atoms with Crippen molar-refractivity contribution in [3.63, 3.8) is 0 Å². The molecule has 1 heterocycles. The van der Waals surface area contributed by atoms with Gasteiger partial charge in [-0.2, -0.15) is 0 Å². The highest BCUT2D eigenvalue weighted by molar-refractivity contribution is 5.03. The molecule has 1 aliphatic carbocycles. The second kappa shape index (κ2) is 4.13. The van der Waals surface area contributed by atoms with Crippen LogP contribution in [-0.4, -0.2) is 16.1 Å². The SMILES string of the molecule is CC(C)CNCc1cncn1C1CC1. The third-order valence-electron chi connectivity index (χ3n) is 2.55. The molecule has 2 rings (SSSR count). The van der Waals surface area contributed by atoms with E-state index in [1.165, 1.54) is 18.5 Å². The average Bonchev–Trinajstić information content (AvgIpc) is 2.87. The predicted molar refractivity (Wildman–Crippen MR) is 57.0 cm³/mol. The van der Waals surface area contributed by atoms with Crippen LogP contribution in [0.1, 0.15) is 38.4 Å². The first-order chi connectivity index (χ1) is 6.77. The van der Waals surface area contributed by atoms with Crippen LogP contribution < -0.4 is 5.32 Å². The molecule has 1 saturated carbocycles. The van der Waals surface area contributed by atoms with Gasteiger partial charge in [-0.25, -0.2) is 4.98 Å². The molecular weight excluding hydrogens is 174 g/mol. The summed E-state index contributed by atoms with van der Waals surface area (Å²) in [7, 11) is 0. The molecule has 0 saturated heterocycles. The molecule has 1 fully saturated rings. The summed E-state index contributed by atoms with van der Waals surface area (Å²) < 4.78 is 2.31. The second-order valence-electron chi connectivity index (χ2n) is 4.55. The molecule has 0 aliphatic heterocycles. The minimum atomic E-state index is 0.715. The first-order valence-electron chi connectivity index (χ1n) is 5.49. The van der Waals surface area contributed by atoms with Crippen molar-refractivity contribution < 1.29 is 0 Å². The van der Waals surface area contributed by atoms with E-state index in [0.717, 1.165) is 19.1 Å². The zero-order chi connectivity index (χ0) is 9.97. The van der Waals surface area contributed by atoms with E-state index >= 15 is 0 Å². The van der Waals surface area contributed by atoms with Crippen molar-refractivity contribution in [2.24, 2.45) is 5.92 Å². The van der Waals surface area contributed by atoms with E-state index in [0.29, 0.717) is 5.92 Å². The van der Waals surface area contributed by atoms with Crippen molar-refractivity contribution in [1.29, 1.82) is 0 Å². The Balaban J connectivity index is 1.85. The van der Waals surface area contributed by atoms with Crippen molar-refractivity contribution >= 4 is 0 Å². The van der Waals surface area contributed by atoms with Gasteiger partial charge in [0.2, 0.25) is 0 Å². The quantitative estimate of drug-likeness (QED) is 0.774. The summed E-state index contributed by atoms with van der Waals surface area (Å²) >= 11 is 0. The molecule has 0 spiro atoms. The van der Waals surface area contributed by atoms with E-state index in [9.17, 15) is 0 Å². The Hall–Kier alpha value is -0.830. The van der Waals surface area contributed by atoms with Crippen LogP contribution in [0.2, 0.25) is 0 Å². The predicted octanol–water partition coefficient (Wildman–Crippen LogP) is 1.96. The normalized spacial score (nSPS) is 16.5. The number of nitrogens with one attached hydrogen (secondary N) is 1. The van der Waals surface area contributed by atoms with E-state index in [1.54, 1.807) is 0 Å². The number of hydrogen-bond donors (Lipinski definition) is 1. The molecule has 3 nitrogen and oxygen atoms in total. The molecule has 14 heavy (non-hydrogen) atoms. The minimum absolute atomic E-state index is 0.715. The van der Waals surface area contributed by atoms with Crippen LogP contribution in [0.4, 0.5) is 0 Å². The molecule has 0 bridgehead atoms. The molecule has 0 unspecified atom stereocenters. The van der Waals surface area contributed by atoms with Gasteiger partial charge in [0.05, 0.1) is 12.0 Å². The molecule has 1 aromatic rings. The Morgan fingerprint density at radius 1 is 1.57 bits per heavy atom. The second-order valence-corrected chi connectivity index (χ2v) is 4.55. The number of aromatic nitrogens is 2. The summed E-state index contributed by atoms with van der Waals surface area (Å²) in [6.07, 6.45) is 6.59. The number of hydrogen-bond acceptors (Lipinski definition) is 2. The minimum Gasteiger partial charge on any atom is -0.330 e. The van der Waals surface area contributed by atoms with Crippen LogP contribution in [-0.2, 0) is 6.54 Å². The van der Waals surface area contributed by atoms with E-state index in [4.69, 9.17) is 0 Å². The van der Waals surface area contributed by atoms with Gasteiger partial charge < -0.3 is 9.88 Å². The van der Waals surface area contributed by atoms with Gasteiger partial charge in [-0.15, -0.1) is 0 Å². The van der Waals surface area contributed by atoms with Gasteiger partial charge in [0.1, 0.15) is 0 Å². The first-order valence-corrected chi connectivity index (χ1v) is 5.49. The van der Waals surface area contributed by atoms with E-state index in [2.05, 4.69) is 28.7 Å². The highest BCUT2D eigenvalue weighted by Gasteiger charge is 2.24. The summed E-state index contributed by atoms with van der Waals surface area (Å²) in [6, 6.07) is 0.744. The van der Waals surface area contributed by atoms with E-state index in [1.807, 2.05) is 12.5 Å². The standard InChI is InChI=1S/C11H19N3/c1-9(2)5-12-6-11-7-13-8-14(11)10-3-4-10/h7-10,12H,3-6H2,1-2H3. The molecule has 3 heteroatoms. The van der Waals surface area contributed by atoms with Crippen LogP contribution in [0.15, 0.2) is 12.5 Å². The molecule has 1 aromatic heterocycles. The third kappa shape index (κ3) is 2.35. The monoisotopic (exact) mass is 193 g/mol. The van der Waals surface area contributed by atoms with Gasteiger partial charge in [-0.05, 0) is 25.3 Å². The fraction of sp³-hybridized carbons (Fsp3) is 0.727. The maximum atomic E-state index is 4.20. The summed E-state index contributed by atoms with van der Waals surface area (Å²) in [6.45, 7) is 6.49. The fourth-order valence-corrected chi connectivity index (χ4v) is 1.64. The third-order valence-corrected chi connectivity index (χ3v) is 2.55. The topological polar surface area (TPSA) is 29.9 Å². The Labute approximate surface area is 85.5 Å². The van der Waals surface area contributed by atoms with Gasteiger partial charge in [-0.1, -0.05) is 13.8 Å². The van der Waals surface area contributed by atoms with Crippen molar-refractivity contribution in [2.75, 3.05) is 6.54 Å². The molecule has 0 atom stereocenters. The summed E-state index contributed by atoms with van der Waals surface area (Å²) in [5, 5.41) is 3.45. The summed E-state index contributed by atoms with van der Waals surface area (Å²) in [5.41, 5.74) is 1.33. The number of nitrogens with zero attached hydrogens (tertiary/aromatic N) is 2. The van der Waals surface area contributed by atoms with Crippen LogP contribution in [0.5, 0.6) is 0 Å². The molecule has 0 radical (unpaired) electrons. The molecule has 0 amide bonds. The summed E-state index contributed by atoms with van der Waals surface area (Å²) in [4.78, 5) is 4.20. The van der Waals surface area contributed by atoms with Gasteiger partial charge in [0, 0.05) is 18.8 Å². The lowest BCUT2D eigenvalue weighted by Crippen LogP contribution is -2.20. The zero-order valence-electron chi connectivity index (χ0n) is 9.03. The van der Waals surface area contributed by atoms with Gasteiger partial charge in [0.15, 0.2) is 0 Å². The van der Waals surface area contributed by atoms with Crippen molar-refractivity contribution in [3.8, 4) is 0 Å². The summed E-state index contributed by atoms with van der Waals surface area (Å²) in [5.74, 6) is 0.715. The number of imidazole rings is 1. The molecule has 1 aliphatic rings. The van der Waals surface area contributed by atoms with Gasteiger partial charge >= 0.3 is 0 Å². The number of rotatable bonds is 5. The zero-order valence-corrected chi connectivity index (χ0v) is 9.03. The average molecular weight is 193 g/mol. The Morgan fingerprint density at radius 3 is 3.00 bits per heavy atom. The Morgan fingerprint density at radius 2 is 2.36 bits per heavy atom. The van der Waals surface area contributed by atoms with Crippen molar-refractivity contribution in [2.45, 2.75) is 39.3 Å². The maximum Gasteiger partial charge on any atom is 0.0951 e. The van der Waals surface area contributed by atoms with E-state index in [-0.39, 0.29) is 0 Å². The highest BCUT2D eigenvalue weighted by atomic mass is 15.1. The van der Waals surface area contributed by atoms with Gasteiger partial charge in [-0.3, -0.25) is 0 Å². The lowest BCUT2D eigenvalue weighted by molar-refractivity contribution is 0.536. The van der Waals surface area contributed by atoms with E-state index < -0.39 is 0 Å². The van der Waals surface area contributed by atoms with Crippen molar-refractivity contribution in [1.82, 2.24) is 14.9 Å². The Kier molecular flexibility index (Phi) is 2.87. The maximum absolute atomic E-state index is 4.20. The van der Waals surface area contributed by atoms with Crippen LogP contribution >= 0.6 is 0 Å². The lowest BCUT2D eigenvalue weighted by atomic mass is 10.2. The van der Waals surface area contributed by atoms with Crippen LogP contribution in [0, 0.1) is 5.92 Å². The fourth-order valence-electron chi connectivity index (χ4n) is 1.64. The molecular formula is C11H19N3. The smallest absolute Gasteiger partial charge is 0.0951 e. The highest BCUT2D eigenvalue weighted by Crippen LogP contribution is 2.35. The first kappa shape index (κ1) is 9.71. The van der Waals surface area contributed by atoms with Crippen molar-refractivity contribution in [3.05, 3.63) is 18.2 Å². The van der Waals surface area contributed by atoms with Crippen LogP contribution in [0.3, 0.4) is 0 Å². The molecule has 78 valence electrons. The molecule has 0 aromatic carbocycles. The molecule has 1 N–H and O–H groups in total. The van der Waals surface area contributed by atoms with Gasteiger partial charge in [0.25, 0.3) is 0 Å². The lowest BCUT2D eigenvalue weighted by Gasteiger charge is -2.09. The van der Waals surface area contributed by atoms with Crippen LogP contribution in [0.25, 0.3) is 0 Å². The largest absolute Gasteiger partial charge is 0.330 e. The Bertz CT molecular complexity index is 286.